The van der Waals surface area contributed by atoms with E-state index in [0.29, 0.717) is 15.8 Å². The van der Waals surface area contributed by atoms with Gasteiger partial charge in [-0.15, -0.1) is 0 Å². The van der Waals surface area contributed by atoms with E-state index in [1.165, 1.54) is 24.1 Å². The van der Waals surface area contributed by atoms with Gasteiger partial charge in [-0.3, -0.25) is 14.7 Å². The fraction of sp³-hybridized carbons (Fsp3) is 0.433. The molecule has 41 heavy (non-hydrogen) atoms. The van der Waals surface area contributed by atoms with E-state index in [2.05, 4.69) is 49.9 Å². The summed E-state index contributed by atoms with van der Waals surface area (Å²) in [5.41, 5.74) is 5.87. The van der Waals surface area contributed by atoms with Crippen LogP contribution >= 0.6 is 23.8 Å². The summed E-state index contributed by atoms with van der Waals surface area (Å²) in [4.78, 5) is 21.3. The van der Waals surface area contributed by atoms with Gasteiger partial charge in [0.15, 0.2) is 5.11 Å². The third-order valence-corrected chi connectivity index (χ3v) is 8.40. The lowest BCUT2D eigenvalue weighted by Crippen LogP contribution is -2.37. The Kier molecular flexibility index (Phi) is 9.57. The second kappa shape index (κ2) is 13.3. The number of carbonyl (C=O) groups is 1. The molecule has 0 aliphatic carbocycles. The number of carbonyl (C=O) groups excluding carboxylic acids is 1. The number of thiocarbonyl (C=S) groups is 1. The van der Waals surface area contributed by atoms with Crippen molar-refractivity contribution in [2.24, 2.45) is 0 Å². The fourth-order valence-electron chi connectivity index (χ4n) is 5.77. The minimum atomic E-state index is -0.269. The van der Waals surface area contributed by atoms with Gasteiger partial charge >= 0.3 is 0 Å². The number of halogens is 1. The SMILES string of the molecule is COCC(=O)Nc1ccc(N2C(=S)N[C@@H](c3ccccn3)[C@H]2c2cc(C)n(CCCN3CCOCC3)c2C)cc1Cl. The summed E-state index contributed by atoms with van der Waals surface area (Å²) in [6.07, 6.45) is 2.87. The topological polar surface area (TPSA) is 83.9 Å². The molecule has 3 aromatic rings. The normalized spacial score (nSPS) is 19.4. The van der Waals surface area contributed by atoms with E-state index >= 15 is 0 Å². The number of rotatable bonds is 10. The number of aryl methyl sites for hydroxylation is 1. The highest BCUT2D eigenvalue weighted by Gasteiger charge is 2.42. The van der Waals surface area contributed by atoms with Crippen molar-refractivity contribution in [2.45, 2.75) is 38.9 Å². The van der Waals surface area contributed by atoms with Gasteiger partial charge in [-0.1, -0.05) is 17.7 Å². The van der Waals surface area contributed by atoms with E-state index in [4.69, 9.17) is 33.3 Å². The molecule has 5 rings (SSSR count). The molecule has 2 saturated heterocycles. The van der Waals surface area contributed by atoms with Crippen molar-refractivity contribution in [3.05, 3.63) is 76.3 Å². The zero-order chi connectivity index (χ0) is 28.9. The summed E-state index contributed by atoms with van der Waals surface area (Å²) < 4.78 is 12.8. The van der Waals surface area contributed by atoms with Gasteiger partial charge in [-0.05, 0) is 74.4 Å². The average molecular weight is 597 g/mol. The van der Waals surface area contributed by atoms with E-state index in [0.717, 1.165) is 57.2 Å². The van der Waals surface area contributed by atoms with Crippen LogP contribution in [0.3, 0.4) is 0 Å². The molecule has 218 valence electrons. The molecule has 2 aromatic heterocycles. The minimum Gasteiger partial charge on any atom is -0.379 e. The lowest BCUT2D eigenvalue weighted by molar-refractivity contribution is -0.119. The number of nitrogens with zero attached hydrogens (tertiary/aromatic N) is 4. The number of anilines is 2. The van der Waals surface area contributed by atoms with Crippen LogP contribution in [-0.2, 0) is 20.8 Å². The molecule has 0 unspecified atom stereocenters. The second-order valence-electron chi connectivity index (χ2n) is 10.4. The van der Waals surface area contributed by atoms with Crippen molar-refractivity contribution < 1.29 is 14.3 Å². The Morgan fingerprint density at radius 3 is 2.71 bits per heavy atom. The van der Waals surface area contributed by atoms with Crippen LogP contribution in [0.4, 0.5) is 11.4 Å². The largest absolute Gasteiger partial charge is 0.379 e. The van der Waals surface area contributed by atoms with Gasteiger partial charge in [0.1, 0.15) is 6.61 Å². The van der Waals surface area contributed by atoms with Gasteiger partial charge in [-0.25, -0.2) is 0 Å². The first-order chi connectivity index (χ1) is 19.9. The van der Waals surface area contributed by atoms with Crippen molar-refractivity contribution in [2.75, 3.05) is 56.8 Å². The predicted molar refractivity (Wildman–Crippen MR) is 166 cm³/mol. The quantitative estimate of drug-likeness (QED) is 0.328. The van der Waals surface area contributed by atoms with Crippen LogP contribution < -0.4 is 15.5 Å². The van der Waals surface area contributed by atoms with Crippen molar-refractivity contribution in [3.8, 4) is 0 Å². The Labute approximate surface area is 251 Å². The molecule has 2 atom stereocenters. The van der Waals surface area contributed by atoms with Gasteiger partial charge in [0.2, 0.25) is 5.91 Å². The van der Waals surface area contributed by atoms with Crippen LogP contribution in [0.25, 0.3) is 0 Å². The number of pyridine rings is 1. The highest BCUT2D eigenvalue weighted by Crippen LogP contribution is 2.44. The highest BCUT2D eigenvalue weighted by atomic mass is 35.5. The minimum absolute atomic E-state index is 0.0475. The molecule has 0 saturated carbocycles. The van der Waals surface area contributed by atoms with Crippen molar-refractivity contribution >= 4 is 46.2 Å². The van der Waals surface area contributed by atoms with E-state index in [9.17, 15) is 4.79 Å². The number of hydrogen-bond acceptors (Lipinski definition) is 6. The maximum absolute atomic E-state index is 12.1. The van der Waals surface area contributed by atoms with Crippen molar-refractivity contribution in [1.82, 2.24) is 19.8 Å². The molecule has 0 bridgehead atoms. The maximum atomic E-state index is 12.1. The molecule has 2 aliphatic heterocycles. The van der Waals surface area contributed by atoms with Crippen LogP contribution in [0.15, 0.2) is 48.7 Å². The molecule has 0 radical (unpaired) electrons. The first-order valence-corrected chi connectivity index (χ1v) is 14.7. The number of amides is 1. The predicted octanol–water partition coefficient (Wildman–Crippen LogP) is 4.64. The molecule has 4 heterocycles. The van der Waals surface area contributed by atoms with Crippen LogP contribution in [0.2, 0.25) is 5.02 Å². The lowest BCUT2D eigenvalue weighted by Gasteiger charge is -2.29. The first-order valence-electron chi connectivity index (χ1n) is 13.9. The maximum Gasteiger partial charge on any atom is 0.250 e. The first kappa shape index (κ1) is 29.5. The Hall–Kier alpha value is -3.02. The molecule has 11 heteroatoms. The van der Waals surface area contributed by atoms with E-state index in [1.807, 2.05) is 36.5 Å². The van der Waals surface area contributed by atoms with Crippen LogP contribution in [-0.4, -0.2) is 72.0 Å². The zero-order valence-corrected chi connectivity index (χ0v) is 25.3. The highest BCUT2D eigenvalue weighted by molar-refractivity contribution is 7.80. The smallest absolute Gasteiger partial charge is 0.250 e. The summed E-state index contributed by atoms with van der Waals surface area (Å²) in [6, 6.07) is 13.5. The number of methoxy groups -OCH3 is 1. The van der Waals surface area contributed by atoms with Crippen molar-refractivity contribution in [3.63, 3.8) is 0 Å². The second-order valence-corrected chi connectivity index (χ2v) is 11.2. The number of morpholine rings is 1. The summed E-state index contributed by atoms with van der Waals surface area (Å²) in [7, 11) is 1.48. The third kappa shape index (κ3) is 6.57. The monoisotopic (exact) mass is 596 g/mol. The van der Waals surface area contributed by atoms with Gasteiger partial charge in [0.25, 0.3) is 0 Å². The zero-order valence-electron chi connectivity index (χ0n) is 23.7. The van der Waals surface area contributed by atoms with Gasteiger partial charge < -0.3 is 29.6 Å². The molecular weight excluding hydrogens is 560 g/mol. The van der Waals surface area contributed by atoms with Crippen LogP contribution in [0.5, 0.6) is 0 Å². The van der Waals surface area contributed by atoms with Crippen LogP contribution in [0.1, 0.15) is 41.1 Å². The van der Waals surface area contributed by atoms with E-state index in [1.54, 1.807) is 6.07 Å². The number of ether oxygens (including phenoxy) is 2. The molecule has 0 spiro atoms. The molecule has 1 amide bonds. The Morgan fingerprint density at radius 1 is 1.20 bits per heavy atom. The third-order valence-electron chi connectivity index (χ3n) is 7.77. The summed E-state index contributed by atoms with van der Waals surface area (Å²) >= 11 is 12.6. The summed E-state index contributed by atoms with van der Waals surface area (Å²) in [5, 5.41) is 7.34. The molecule has 9 nitrogen and oxygen atoms in total. The van der Waals surface area contributed by atoms with Crippen LogP contribution in [0, 0.1) is 13.8 Å². The summed E-state index contributed by atoms with van der Waals surface area (Å²) in [5.74, 6) is -0.269. The van der Waals surface area contributed by atoms with E-state index < -0.39 is 0 Å². The van der Waals surface area contributed by atoms with Gasteiger partial charge in [0, 0.05) is 56.6 Å². The van der Waals surface area contributed by atoms with Gasteiger partial charge in [-0.2, -0.15) is 0 Å². The number of aromatic nitrogens is 2. The van der Waals surface area contributed by atoms with Gasteiger partial charge in [0.05, 0.1) is 41.7 Å². The lowest BCUT2D eigenvalue weighted by atomic mass is 9.96. The standard InChI is InChI=1S/C30H37ClN6O3S/c1-20-17-23(21(2)36(20)12-6-11-35-13-15-40-16-14-35)29-28(26-7-4-5-10-32-26)34-30(41)37(29)22-8-9-25(24(31)18-22)33-27(38)19-39-3/h4-5,7-10,17-18,28-29H,6,11-16,19H2,1-3H3,(H,33,38)(H,34,41)/t28-,29+/m0/s1. The fourth-order valence-corrected chi connectivity index (χ4v) is 6.34. The molecule has 1 aromatic carbocycles. The van der Waals surface area contributed by atoms with Crippen molar-refractivity contribution in [1.29, 1.82) is 0 Å². The molecule has 2 aliphatic rings. The average Bonchev–Trinajstić information content (AvgIpc) is 3.46. The molecular formula is C30H37ClN6O3S. The Bertz CT molecular complexity index is 1380. The number of hydrogen-bond donors (Lipinski definition) is 2. The Morgan fingerprint density at radius 2 is 2.00 bits per heavy atom. The Balaban J connectivity index is 1.46. The number of nitrogens with one attached hydrogen (secondary N) is 2. The molecule has 2 fully saturated rings. The number of benzene rings is 1. The van der Waals surface area contributed by atoms with E-state index in [-0.39, 0.29) is 24.6 Å². The summed E-state index contributed by atoms with van der Waals surface area (Å²) in [6.45, 7) is 9.93. The molecule has 2 N–H and O–H groups in total.